The van der Waals surface area contributed by atoms with Gasteiger partial charge in [-0.3, -0.25) is 9.59 Å². The van der Waals surface area contributed by atoms with Crippen LogP contribution in [0, 0.1) is 19.7 Å². The quantitative estimate of drug-likeness (QED) is 0.788. The van der Waals surface area contributed by atoms with Crippen molar-refractivity contribution >= 4 is 11.8 Å². The lowest BCUT2D eigenvalue weighted by molar-refractivity contribution is -0.140. The van der Waals surface area contributed by atoms with E-state index in [0.29, 0.717) is 0 Å². The van der Waals surface area contributed by atoms with Gasteiger partial charge in [-0.2, -0.15) is 0 Å². The summed E-state index contributed by atoms with van der Waals surface area (Å²) < 4.78 is 13.3. The molecule has 0 bridgehead atoms. The second-order valence-electron chi connectivity index (χ2n) is 8.67. The number of benzene rings is 2. The van der Waals surface area contributed by atoms with Gasteiger partial charge in [0, 0.05) is 12.1 Å². The SMILES string of the molecule is Cc1ccc(C)c(CC(=O)N(Cc2ccc(F)cc2)[C@@H](C)C(=O)NC(C)(C)C)c1. The molecular formula is C24H31FN2O2. The topological polar surface area (TPSA) is 49.4 Å². The maximum Gasteiger partial charge on any atom is 0.242 e. The molecule has 0 aliphatic rings. The Labute approximate surface area is 173 Å². The maximum absolute atomic E-state index is 13.3. The summed E-state index contributed by atoms with van der Waals surface area (Å²) >= 11 is 0. The van der Waals surface area contributed by atoms with Gasteiger partial charge < -0.3 is 10.2 Å². The highest BCUT2D eigenvalue weighted by Gasteiger charge is 2.28. The maximum atomic E-state index is 13.3. The first-order chi connectivity index (χ1) is 13.5. The van der Waals surface area contributed by atoms with Gasteiger partial charge in [-0.15, -0.1) is 0 Å². The van der Waals surface area contributed by atoms with E-state index in [9.17, 15) is 14.0 Å². The van der Waals surface area contributed by atoms with Crippen LogP contribution in [-0.2, 0) is 22.6 Å². The molecule has 0 radical (unpaired) electrons. The van der Waals surface area contributed by atoms with E-state index >= 15 is 0 Å². The zero-order valence-electron chi connectivity index (χ0n) is 18.2. The number of rotatable bonds is 6. The van der Waals surface area contributed by atoms with Gasteiger partial charge in [-0.05, 0) is 70.4 Å². The van der Waals surface area contributed by atoms with Crippen molar-refractivity contribution in [3.8, 4) is 0 Å². The molecule has 2 rings (SSSR count). The van der Waals surface area contributed by atoms with Gasteiger partial charge in [0.2, 0.25) is 11.8 Å². The average molecular weight is 399 g/mol. The Morgan fingerprint density at radius 2 is 1.69 bits per heavy atom. The highest BCUT2D eigenvalue weighted by molar-refractivity contribution is 5.88. The van der Waals surface area contributed by atoms with Crippen LogP contribution >= 0.6 is 0 Å². The third kappa shape index (κ3) is 6.70. The molecule has 2 aromatic carbocycles. The number of carbonyl (C=O) groups excluding carboxylic acids is 2. The van der Waals surface area contributed by atoms with Gasteiger partial charge in [-0.25, -0.2) is 4.39 Å². The number of carbonyl (C=O) groups is 2. The van der Waals surface area contributed by atoms with Crippen LogP contribution in [0.5, 0.6) is 0 Å². The van der Waals surface area contributed by atoms with Crippen molar-refractivity contribution < 1.29 is 14.0 Å². The zero-order valence-corrected chi connectivity index (χ0v) is 18.2. The fourth-order valence-electron chi connectivity index (χ4n) is 3.10. The highest BCUT2D eigenvalue weighted by Crippen LogP contribution is 2.17. The number of nitrogens with one attached hydrogen (secondary N) is 1. The van der Waals surface area contributed by atoms with E-state index in [0.717, 1.165) is 22.3 Å². The average Bonchev–Trinajstić information content (AvgIpc) is 2.62. The lowest BCUT2D eigenvalue weighted by atomic mass is 10.0. The molecular weight excluding hydrogens is 367 g/mol. The standard InChI is InChI=1S/C24H31FN2O2/c1-16-7-8-17(2)20(13-16)14-22(28)27(15-19-9-11-21(25)12-10-19)18(3)23(29)26-24(4,5)6/h7-13,18H,14-15H2,1-6H3,(H,26,29)/t18-/m0/s1. The number of hydrogen-bond donors (Lipinski definition) is 1. The van der Waals surface area contributed by atoms with Crippen molar-refractivity contribution in [2.75, 3.05) is 0 Å². The van der Waals surface area contributed by atoms with E-state index in [1.54, 1.807) is 24.0 Å². The molecule has 29 heavy (non-hydrogen) atoms. The van der Waals surface area contributed by atoms with Gasteiger partial charge >= 0.3 is 0 Å². The molecule has 1 atom stereocenters. The predicted octanol–water partition coefficient (Wildman–Crippen LogP) is 4.32. The van der Waals surface area contributed by atoms with Crippen molar-refractivity contribution in [1.82, 2.24) is 10.2 Å². The molecule has 0 unspecified atom stereocenters. The van der Waals surface area contributed by atoms with E-state index in [4.69, 9.17) is 0 Å². The molecule has 0 fully saturated rings. The minimum absolute atomic E-state index is 0.139. The largest absolute Gasteiger partial charge is 0.350 e. The minimum atomic E-state index is -0.656. The van der Waals surface area contributed by atoms with Crippen molar-refractivity contribution in [1.29, 1.82) is 0 Å². The van der Waals surface area contributed by atoms with Gasteiger partial charge in [-0.1, -0.05) is 35.9 Å². The Kier molecular flexibility index (Phi) is 7.17. The molecule has 156 valence electrons. The van der Waals surface area contributed by atoms with E-state index < -0.39 is 11.6 Å². The summed E-state index contributed by atoms with van der Waals surface area (Å²) in [5.74, 6) is -0.686. The van der Waals surface area contributed by atoms with Crippen molar-refractivity contribution in [3.05, 3.63) is 70.5 Å². The lowest BCUT2D eigenvalue weighted by Crippen LogP contribution is -2.52. The smallest absolute Gasteiger partial charge is 0.242 e. The molecule has 0 aromatic heterocycles. The van der Waals surface area contributed by atoms with Crippen LogP contribution in [0.4, 0.5) is 4.39 Å². The number of amides is 2. The Bertz CT molecular complexity index is 869. The fourth-order valence-corrected chi connectivity index (χ4v) is 3.10. The Morgan fingerprint density at radius 3 is 2.28 bits per heavy atom. The third-order valence-electron chi connectivity index (χ3n) is 4.78. The normalized spacial score (nSPS) is 12.4. The summed E-state index contributed by atoms with van der Waals surface area (Å²) in [4.78, 5) is 27.6. The summed E-state index contributed by atoms with van der Waals surface area (Å²) in [5.41, 5.74) is 3.45. The molecule has 2 amide bonds. The van der Waals surface area contributed by atoms with Crippen molar-refractivity contribution in [2.24, 2.45) is 0 Å². The first-order valence-corrected chi connectivity index (χ1v) is 9.88. The van der Waals surface area contributed by atoms with Crippen LogP contribution in [0.25, 0.3) is 0 Å². The lowest BCUT2D eigenvalue weighted by Gasteiger charge is -2.31. The number of halogens is 1. The minimum Gasteiger partial charge on any atom is -0.350 e. The molecule has 0 heterocycles. The summed E-state index contributed by atoms with van der Waals surface area (Å²) in [7, 11) is 0. The predicted molar refractivity (Wildman–Crippen MR) is 114 cm³/mol. The monoisotopic (exact) mass is 398 g/mol. The number of aryl methyl sites for hydroxylation is 2. The zero-order chi connectivity index (χ0) is 21.8. The Hall–Kier alpha value is -2.69. The van der Waals surface area contributed by atoms with Crippen molar-refractivity contribution in [2.45, 2.75) is 66.1 Å². The molecule has 4 nitrogen and oxygen atoms in total. The molecule has 0 spiro atoms. The summed E-state index contributed by atoms with van der Waals surface area (Å²) in [6.45, 7) is 11.6. The van der Waals surface area contributed by atoms with Gasteiger partial charge in [0.05, 0.1) is 6.42 Å². The Morgan fingerprint density at radius 1 is 1.07 bits per heavy atom. The summed E-state index contributed by atoms with van der Waals surface area (Å²) in [5, 5.41) is 2.94. The first-order valence-electron chi connectivity index (χ1n) is 9.88. The van der Waals surface area contributed by atoms with Gasteiger partial charge in [0.1, 0.15) is 11.9 Å². The van der Waals surface area contributed by atoms with E-state index in [-0.39, 0.29) is 30.6 Å². The molecule has 0 aliphatic heterocycles. The Balaban J connectivity index is 2.29. The second kappa shape index (κ2) is 9.21. The van der Waals surface area contributed by atoms with Crippen LogP contribution in [0.3, 0.4) is 0 Å². The number of hydrogen-bond acceptors (Lipinski definition) is 2. The molecule has 5 heteroatoms. The van der Waals surface area contributed by atoms with Crippen LogP contribution in [0.2, 0.25) is 0 Å². The van der Waals surface area contributed by atoms with Crippen LogP contribution in [0.1, 0.15) is 49.9 Å². The molecule has 2 aromatic rings. The highest BCUT2D eigenvalue weighted by atomic mass is 19.1. The van der Waals surface area contributed by atoms with Crippen LogP contribution in [-0.4, -0.2) is 28.3 Å². The van der Waals surface area contributed by atoms with Crippen LogP contribution in [0.15, 0.2) is 42.5 Å². The summed E-state index contributed by atoms with van der Waals surface area (Å²) in [6, 6.07) is 11.4. The molecule has 0 saturated carbocycles. The third-order valence-corrected chi connectivity index (χ3v) is 4.78. The van der Waals surface area contributed by atoms with Crippen LogP contribution < -0.4 is 5.32 Å². The fraction of sp³-hybridized carbons (Fsp3) is 0.417. The molecule has 0 aliphatic carbocycles. The van der Waals surface area contributed by atoms with E-state index in [2.05, 4.69) is 5.32 Å². The molecule has 1 N–H and O–H groups in total. The molecule has 0 saturated heterocycles. The van der Waals surface area contributed by atoms with Crippen molar-refractivity contribution in [3.63, 3.8) is 0 Å². The second-order valence-corrected chi connectivity index (χ2v) is 8.67. The van der Waals surface area contributed by atoms with Gasteiger partial charge in [0.15, 0.2) is 0 Å². The van der Waals surface area contributed by atoms with E-state index in [1.807, 2.05) is 52.8 Å². The first kappa shape index (κ1) is 22.6. The summed E-state index contributed by atoms with van der Waals surface area (Å²) in [6.07, 6.45) is 0.210. The van der Waals surface area contributed by atoms with E-state index in [1.165, 1.54) is 12.1 Å². The number of nitrogens with zero attached hydrogens (tertiary/aromatic N) is 1. The van der Waals surface area contributed by atoms with Gasteiger partial charge in [0.25, 0.3) is 0 Å².